The minimum absolute atomic E-state index is 0.199. The van der Waals surface area contributed by atoms with Gasteiger partial charge in [0.15, 0.2) is 17.3 Å². The van der Waals surface area contributed by atoms with Gasteiger partial charge in [-0.25, -0.2) is 0 Å². The van der Waals surface area contributed by atoms with Crippen molar-refractivity contribution in [1.29, 1.82) is 0 Å². The van der Waals surface area contributed by atoms with E-state index < -0.39 is 0 Å². The molecule has 82 valence electrons. The van der Waals surface area contributed by atoms with E-state index in [0.717, 1.165) is 0 Å². The van der Waals surface area contributed by atoms with Crippen LogP contribution in [0, 0.1) is 0 Å². The van der Waals surface area contributed by atoms with E-state index in [4.69, 9.17) is 9.84 Å². The smallest absolute Gasteiger partial charge is 0.224 e. The topological polar surface area (TPSA) is 66.8 Å². The number of ketones is 1. The van der Waals surface area contributed by atoms with E-state index in [1.54, 1.807) is 13.0 Å². The van der Waals surface area contributed by atoms with Gasteiger partial charge in [-0.2, -0.15) is 0 Å². The summed E-state index contributed by atoms with van der Waals surface area (Å²) in [6.45, 7) is 1.69. The molecule has 0 spiro atoms. The number of carbonyl (C=O) groups excluding carboxylic acids is 1. The van der Waals surface area contributed by atoms with E-state index in [9.17, 15) is 9.90 Å². The summed E-state index contributed by atoms with van der Waals surface area (Å²) in [6.07, 6.45) is 2.90. The van der Waals surface area contributed by atoms with Crippen molar-refractivity contribution < 1.29 is 19.7 Å². The minimum atomic E-state index is -0.232. The highest BCUT2D eigenvalue weighted by Crippen LogP contribution is 2.27. The van der Waals surface area contributed by atoms with Gasteiger partial charge in [-0.3, -0.25) is 4.79 Å². The Labute approximate surface area is 92.1 Å². The zero-order valence-corrected chi connectivity index (χ0v) is 8.60. The van der Waals surface area contributed by atoms with E-state index in [1.807, 2.05) is 0 Å². The highest BCUT2D eigenvalue weighted by atomic mass is 16.5. The molecule has 0 fully saturated rings. The first-order valence-corrected chi connectivity index (χ1v) is 4.70. The molecular formula is C12H10O4. The second-order valence-electron chi connectivity index (χ2n) is 3.48. The first-order chi connectivity index (χ1) is 7.56. The van der Waals surface area contributed by atoms with Crippen LogP contribution in [0.15, 0.2) is 35.8 Å². The van der Waals surface area contributed by atoms with E-state index in [2.05, 4.69) is 0 Å². The van der Waals surface area contributed by atoms with Crippen LogP contribution in [0.25, 0.3) is 6.08 Å². The van der Waals surface area contributed by atoms with Gasteiger partial charge < -0.3 is 14.9 Å². The van der Waals surface area contributed by atoms with Crippen molar-refractivity contribution in [2.45, 2.75) is 6.92 Å². The van der Waals surface area contributed by atoms with Crippen molar-refractivity contribution in [3.63, 3.8) is 0 Å². The quantitative estimate of drug-likeness (QED) is 0.558. The molecule has 1 aromatic carbocycles. The number of benzene rings is 1. The number of hydrogen-bond acceptors (Lipinski definition) is 4. The number of ether oxygens (including phenoxy) is 1. The molecule has 1 aliphatic heterocycles. The summed E-state index contributed by atoms with van der Waals surface area (Å²) in [7, 11) is 0. The lowest BCUT2D eigenvalue weighted by molar-refractivity contribution is -0.112. The maximum atomic E-state index is 11.4. The lowest BCUT2D eigenvalue weighted by Crippen LogP contribution is -1.92. The Morgan fingerprint density at radius 1 is 1.25 bits per heavy atom. The van der Waals surface area contributed by atoms with Crippen LogP contribution in [0.4, 0.5) is 0 Å². The van der Waals surface area contributed by atoms with Gasteiger partial charge in [-0.1, -0.05) is 6.07 Å². The van der Waals surface area contributed by atoms with Crippen LogP contribution in [-0.2, 0) is 9.53 Å². The Kier molecular flexibility index (Phi) is 2.40. The number of phenolic OH excluding ortho intramolecular Hbond substituents is 2. The SMILES string of the molecule is CC1=CC(=O)/C(=C/c2ccc(O)c(O)c2)O1. The highest BCUT2D eigenvalue weighted by molar-refractivity contribution is 6.07. The molecule has 2 N–H and O–H groups in total. The Bertz CT molecular complexity index is 512. The highest BCUT2D eigenvalue weighted by Gasteiger charge is 2.17. The van der Waals surface area contributed by atoms with Crippen LogP contribution < -0.4 is 0 Å². The third kappa shape index (κ3) is 1.91. The van der Waals surface area contributed by atoms with Gasteiger partial charge >= 0.3 is 0 Å². The Morgan fingerprint density at radius 2 is 2.00 bits per heavy atom. The van der Waals surface area contributed by atoms with E-state index in [0.29, 0.717) is 11.3 Å². The molecule has 16 heavy (non-hydrogen) atoms. The van der Waals surface area contributed by atoms with Gasteiger partial charge in [0.05, 0.1) is 0 Å². The van der Waals surface area contributed by atoms with Crippen molar-refractivity contribution >= 4 is 11.9 Å². The van der Waals surface area contributed by atoms with E-state index >= 15 is 0 Å². The molecule has 0 atom stereocenters. The molecule has 0 aliphatic carbocycles. The average Bonchev–Trinajstić information content (AvgIpc) is 2.51. The predicted octanol–water partition coefficient (Wildman–Crippen LogP) is 1.94. The summed E-state index contributed by atoms with van der Waals surface area (Å²) >= 11 is 0. The fourth-order valence-corrected chi connectivity index (χ4v) is 1.39. The number of phenols is 2. The largest absolute Gasteiger partial charge is 0.504 e. The molecule has 1 aliphatic rings. The normalized spacial score (nSPS) is 17.4. The first-order valence-electron chi connectivity index (χ1n) is 4.70. The molecule has 0 amide bonds. The molecular weight excluding hydrogens is 208 g/mol. The van der Waals surface area contributed by atoms with Gasteiger partial charge in [0.25, 0.3) is 0 Å². The van der Waals surface area contributed by atoms with Crippen molar-refractivity contribution in [3.8, 4) is 11.5 Å². The second kappa shape index (κ2) is 3.73. The summed E-state index contributed by atoms with van der Waals surface area (Å²) in [6, 6.07) is 4.28. The molecule has 4 nitrogen and oxygen atoms in total. The molecule has 0 saturated heterocycles. The average molecular weight is 218 g/mol. The summed E-state index contributed by atoms with van der Waals surface area (Å²) in [5.74, 6) is 0.117. The number of allylic oxidation sites excluding steroid dienone is 2. The van der Waals surface area contributed by atoms with Crippen LogP contribution in [0.2, 0.25) is 0 Å². The third-order valence-corrected chi connectivity index (χ3v) is 2.15. The van der Waals surface area contributed by atoms with Gasteiger partial charge in [0.2, 0.25) is 5.78 Å². The van der Waals surface area contributed by atoms with Crippen molar-refractivity contribution in [2.24, 2.45) is 0 Å². The summed E-state index contributed by atoms with van der Waals surface area (Å²) in [5, 5.41) is 18.4. The lowest BCUT2D eigenvalue weighted by Gasteiger charge is -2.01. The van der Waals surface area contributed by atoms with Gasteiger partial charge in [-0.15, -0.1) is 0 Å². The molecule has 2 rings (SSSR count). The van der Waals surface area contributed by atoms with Crippen LogP contribution in [0.5, 0.6) is 11.5 Å². The molecule has 0 aromatic heterocycles. The van der Waals surface area contributed by atoms with Crippen LogP contribution in [0.3, 0.4) is 0 Å². The second-order valence-corrected chi connectivity index (χ2v) is 3.48. The third-order valence-electron chi connectivity index (χ3n) is 2.15. The lowest BCUT2D eigenvalue weighted by atomic mass is 10.1. The standard InChI is InChI=1S/C12H10O4/c1-7-4-11(15)12(16-7)6-8-2-3-9(13)10(14)5-8/h2-6,13-14H,1H3/b12-6-. The van der Waals surface area contributed by atoms with E-state index in [1.165, 1.54) is 24.3 Å². The van der Waals surface area contributed by atoms with Crippen LogP contribution in [0.1, 0.15) is 12.5 Å². The van der Waals surface area contributed by atoms with E-state index in [-0.39, 0.29) is 23.0 Å². The summed E-state index contributed by atoms with van der Waals surface area (Å²) in [4.78, 5) is 11.4. The molecule has 0 unspecified atom stereocenters. The summed E-state index contributed by atoms with van der Waals surface area (Å²) in [5.41, 5.74) is 0.585. The van der Waals surface area contributed by atoms with Crippen LogP contribution >= 0.6 is 0 Å². The first kappa shape index (κ1) is 10.3. The molecule has 4 heteroatoms. The Balaban J connectivity index is 2.31. The Morgan fingerprint density at radius 3 is 2.56 bits per heavy atom. The molecule has 1 heterocycles. The van der Waals surface area contributed by atoms with Crippen LogP contribution in [-0.4, -0.2) is 16.0 Å². The minimum Gasteiger partial charge on any atom is -0.504 e. The number of hydrogen-bond donors (Lipinski definition) is 2. The molecule has 1 aromatic rings. The molecule has 0 saturated carbocycles. The molecule has 0 radical (unpaired) electrons. The number of carbonyl (C=O) groups is 1. The van der Waals surface area contributed by atoms with Crippen molar-refractivity contribution in [1.82, 2.24) is 0 Å². The Hall–Kier alpha value is -2.23. The zero-order chi connectivity index (χ0) is 11.7. The maximum Gasteiger partial charge on any atom is 0.224 e. The summed E-state index contributed by atoms with van der Waals surface area (Å²) < 4.78 is 5.18. The monoisotopic (exact) mass is 218 g/mol. The van der Waals surface area contributed by atoms with Gasteiger partial charge in [-0.05, 0) is 30.7 Å². The number of aromatic hydroxyl groups is 2. The fraction of sp³-hybridized carbons (Fsp3) is 0.0833. The van der Waals surface area contributed by atoms with Gasteiger partial charge in [0, 0.05) is 6.08 Å². The molecule has 0 bridgehead atoms. The zero-order valence-electron chi connectivity index (χ0n) is 8.60. The maximum absolute atomic E-state index is 11.4. The van der Waals surface area contributed by atoms with Crippen molar-refractivity contribution in [2.75, 3.05) is 0 Å². The predicted molar refractivity (Wildman–Crippen MR) is 57.6 cm³/mol. The van der Waals surface area contributed by atoms with Gasteiger partial charge in [0.1, 0.15) is 5.76 Å². The fourth-order valence-electron chi connectivity index (χ4n) is 1.39. The number of rotatable bonds is 1. The van der Waals surface area contributed by atoms with Crippen molar-refractivity contribution in [3.05, 3.63) is 41.4 Å².